The SMILES string of the molecule is O=C(NC1(C(=O)[O-])CCCC1)OCc1ccccc1. The lowest BCUT2D eigenvalue weighted by atomic mass is 9.98. The third-order valence-electron chi connectivity index (χ3n) is 3.40. The van der Waals surface area contributed by atoms with Crippen molar-refractivity contribution < 1.29 is 19.4 Å². The monoisotopic (exact) mass is 262 g/mol. The van der Waals surface area contributed by atoms with Crippen molar-refractivity contribution >= 4 is 12.1 Å². The molecule has 0 atom stereocenters. The summed E-state index contributed by atoms with van der Waals surface area (Å²) in [6.07, 6.45) is 1.63. The Morgan fingerprint density at radius 3 is 2.42 bits per heavy atom. The van der Waals surface area contributed by atoms with Gasteiger partial charge in [-0.15, -0.1) is 0 Å². The summed E-state index contributed by atoms with van der Waals surface area (Å²) in [5.74, 6) is -1.23. The van der Waals surface area contributed by atoms with Gasteiger partial charge in [-0.2, -0.15) is 0 Å². The Hall–Kier alpha value is -2.04. The maximum Gasteiger partial charge on any atom is 0.408 e. The lowest BCUT2D eigenvalue weighted by molar-refractivity contribution is -0.314. The van der Waals surface area contributed by atoms with E-state index in [2.05, 4.69) is 5.32 Å². The van der Waals surface area contributed by atoms with Gasteiger partial charge in [0.15, 0.2) is 0 Å². The van der Waals surface area contributed by atoms with Crippen molar-refractivity contribution in [2.75, 3.05) is 0 Å². The molecule has 0 saturated heterocycles. The van der Waals surface area contributed by atoms with E-state index < -0.39 is 17.6 Å². The van der Waals surface area contributed by atoms with Crippen LogP contribution in [0.1, 0.15) is 31.2 Å². The molecule has 0 aliphatic heterocycles. The zero-order chi connectivity index (χ0) is 13.7. The van der Waals surface area contributed by atoms with Gasteiger partial charge in [0.2, 0.25) is 0 Å². The molecule has 0 aromatic heterocycles. The maximum atomic E-state index is 11.7. The molecule has 19 heavy (non-hydrogen) atoms. The Balaban J connectivity index is 1.88. The molecule has 1 aliphatic rings. The standard InChI is InChI=1S/C14H17NO4/c16-12(17)14(8-4-5-9-14)15-13(18)19-10-11-6-2-1-3-7-11/h1-3,6-7H,4-5,8-10H2,(H,15,18)(H,16,17)/p-1. The Labute approximate surface area is 111 Å². The molecule has 0 radical (unpaired) electrons. The number of amides is 1. The molecule has 1 aromatic carbocycles. The number of carbonyl (C=O) groups is 2. The van der Waals surface area contributed by atoms with Gasteiger partial charge in [-0.3, -0.25) is 0 Å². The second kappa shape index (κ2) is 5.73. The highest BCUT2D eigenvalue weighted by Crippen LogP contribution is 2.29. The molecule has 0 spiro atoms. The summed E-state index contributed by atoms with van der Waals surface area (Å²) < 4.78 is 5.02. The summed E-state index contributed by atoms with van der Waals surface area (Å²) in [5, 5.41) is 13.6. The maximum absolute atomic E-state index is 11.7. The van der Waals surface area contributed by atoms with Crippen LogP contribution in [-0.4, -0.2) is 17.6 Å². The molecule has 5 heteroatoms. The first kappa shape index (κ1) is 13.4. The van der Waals surface area contributed by atoms with Crippen molar-refractivity contribution in [1.82, 2.24) is 5.32 Å². The van der Waals surface area contributed by atoms with Crippen molar-refractivity contribution in [2.45, 2.75) is 37.8 Å². The molecule has 2 rings (SSSR count). The minimum Gasteiger partial charge on any atom is -0.548 e. The molecule has 1 aliphatic carbocycles. The molecule has 1 saturated carbocycles. The van der Waals surface area contributed by atoms with E-state index in [4.69, 9.17) is 4.74 Å². The normalized spacial score (nSPS) is 16.8. The van der Waals surface area contributed by atoms with Gasteiger partial charge in [0.05, 0.1) is 11.5 Å². The van der Waals surface area contributed by atoms with Crippen molar-refractivity contribution in [1.29, 1.82) is 0 Å². The average Bonchev–Trinajstić information content (AvgIpc) is 2.87. The number of benzene rings is 1. The third-order valence-corrected chi connectivity index (χ3v) is 3.40. The fourth-order valence-corrected chi connectivity index (χ4v) is 2.31. The molecule has 1 amide bonds. The minimum absolute atomic E-state index is 0.121. The molecule has 0 heterocycles. The number of alkyl carbamates (subject to hydrolysis) is 1. The zero-order valence-corrected chi connectivity index (χ0v) is 10.6. The highest BCUT2D eigenvalue weighted by atomic mass is 16.5. The van der Waals surface area contributed by atoms with Crippen LogP contribution in [0.4, 0.5) is 4.79 Å². The predicted octanol–water partition coefficient (Wildman–Crippen LogP) is 0.975. The highest BCUT2D eigenvalue weighted by Gasteiger charge is 2.37. The van der Waals surface area contributed by atoms with Gasteiger partial charge in [-0.1, -0.05) is 43.2 Å². The van der Waals surface area contributed by atoms with Crippen molar-refractivity contribution in [2.24, 2.45) is 0 Å². The van der Waals surface area contributed by atoms with Crippen LogP contribution in [-0.2, 0) is 16.1 Å². The van der Waals surface area contributed by atoms with E-state index >= 15 is 0 Å². The van der Waals surface area contributed by atoms with Gasteiger partial charge < -0.3 is 20.0 Å². The highest BCUT2D eigenvalue weighted by molar-refractivity contribution is 5.83. The lowest BCUT2D eigenvalue weighted by Crippen LogP contribution is -2.58. The molecule has 1 N–H and O–H groups in total. The van der Waals surface area contributed by atoms with Gasteiger partial charge >= 0.3 is 6.09 Å². The Kier molecular flexibility index (Phi) is 4.04. The number of aliphatic carboxylic acids is 1. The van der Waals surface area contributed by atoms with Gasteiger partial charge in [0.1, 0.15) is 6.61 Å². The quantitative estimate of drug-likeness (QED) is 0.877. The molecule has 102 valence electrons. The lowest BCUT2D eigenvalue weighted by Gasteiger charge is -2.30. The first-order chi connectivity index (χ1) is 9.12. The van der Waals surface area contributed by atoms with E-state index in [1.54, 1.807) is 0 Å². The number of carboxylic acid groups (broad SMARTS) is 1. The number of nitrogens with one attached hydrogen (secondary N) is 1. The van der Waals surface area contributed by atoms with Gasteiger partial charge in [0, 0.05) is 0 Å². The van der Waals surface area contributed by atoms with Crippen LogP contribution in [0.15, 0.2) is 30.3 Å². The van der Waals surface area contributed by atoms with Gasteiger partial charge in [-0.05, 0) is 18.4 Å². The fraction of sp³-hybridized carbons (Fsp3) is 0.429. The Morgan fingerprint density at radius 2 is 1.84 bits per heavy atom. The number of rotatable bonds is 4. The van der Waals surface area contributed by atoms with Crippen LogP contribution in [0, 0.1) is 0 Å². The van der Waals surface area contributed by atoms with E-state index in [-0.39, 0.29) is 6.61 Å². The summed E-state index contributed by atoms with van der Waals surface area (Å²) in [6, 6.07) is 9.22. The van der Waals surface area contributed by atoms with Gasteiger partial charge in [-0.25, -0.2) is 4.79 Å². The van der Waals surface area contributed by atoms with Crippen LogP contribution >= 0.6 is 0 Å². The summed E-state index contributed by atoms with van der Waals surface area (Å²) in [6.45, 7) is 0.121. The zero-order valence-electron chi connectivity index (χ0n) is 10.6. The number of hydrogen-bond donors (Lipinski definition) is 1. The van der Waals surface area contributed by atoms with Crippen molar-refractivity contribution in [3.8, 4) is 0 Å². The molecular weight excluding hydrogens is 246 g/mol. The summed E-state index contributed by atoms with van der Waals surface area (Å²) >= 11 is 0. The van der Waals surface area contributed by atoms with Crippen LogP contribution in [0.3, 0.4) is 0 Å². The van der Waals surface area contributed by atoms with Crippen LogP contribution in [0.2, 0.25) is 0 Å². The smallest absolute Gasteiger partial charge is 0.408 e. The Bertz CT molecular complexity index is 452. The van der Waals surface area contributed by atoms with E-state index in [9.17, 15) is 14.7 Å². The number of ether oxygens (including phenoxy) is 1. The van der Waals surface area contributed by atoms with E-state index in [0.29, 0.717) is 12.8 Å². The number of carbonyl (C=O) groups excluding carboxylic acids is 2. The summed E-state index contributed by atoms with van der Waals surface area (Å²) in [5.41, 5.74) is -0.403. The molecule has 0 bridgehead atoms. The molecule has 5 nitrogen and oxygen atoms in total. The third kappa shape index (κ3) is 3.24. The molecular formula is C14H16NO4-. The molecule has 1 aromatic rings. The Morgan fingerprint density at radius 1 is 1.21 bits per heavy atom. The first-order valence-electron chi connectivity index (χ1n) is 6.33. The van der Waals surface area contributed by atoms with Crippen molar-refractivity contribution in [3.05, 3.63) is 35.9 Å². The van der Waals surface area contributed by atoms with Crippen LogP contribution < -0.4 is 10.4 Å². The van der Waals surface area contributed by atoms with Gasteiger partial charge in [0.25, 0.3) is 0 Å². The van der Waals surface area contributed by atoms with E-state index in [0.717, 1.165) is 18.4 Å². The summed E-state index contributed by atoms with van der Waals surface area (Å²) in [7, 11) is 0. The fourth-order valence-electron chi connectivity index (χ4n) is 2.31. The number of hydrogen-bond acceptors (Lipinski definition) is 4. The largest absolute Gasteiger partial charge is 0.548 e. The van der Waals surface area contributed by atoms with Crippen molar-refractivity contribution in [3.63, 3.8) is 0 Å². The van der Waals surface area contributed by atoms with E-state index in [1.165, 1.54) is 0 Å². The van der Waals surface area contributed by atoms with Crippen LogP contribution in [0.5, 0.6) is 0 Å². The van der Waals surface area contributed by atoms with E-state index in [1.807, 2.05) is 30.3 Å². The summed E-state index contributed by atoms with van der Waals surface area (Å²) in [4.78, 5) is 22.8. The average molecular weight is 262 g/mol. The molecule has 1 fully saturated rings. The number of carboxylic acids is 1. The van der Waals surface area contributed by atoms with Crippen LogP contribution in [0.25, 0.3) is 0 Å². The predicted molar refractivity (Wildman–Crippen MR) is 66.0 cm³/mol. The topological polar surface area (TPSA) is 78.5 Å². The molecule has 0 unspecified atom stereocenters. The second-order valence-corrected chi connectivity index (χ2v) is 4.76. The minimum atomic E-state index is -1.26. The second-order valence-electron chi connectivity index (χ2n) is 4.76. The first-order valence-corrected chi connectivity index (χ1v) is 6.33.